The number of carbonyl (C=O) groups is 1. The Hall–Kier alpha value is -2.40. The minimum Gasteiger partial charge on any atom is -0.335 e. The van der Waals surface area contributed by atoms with Crippen molar-refractivity contribution in [1.29, 1.82) is 0 Å². The second-order valence-corrected chi connectivity index (χ2v) is 7.84. The Morgan fingerprint density at radius 1 is 1.00 bits per heavy atom. The molecule has 2 bridgehead atoms. The molecule has 2 heterocycles. The van der Waals surface area contributed by atoms with E-state index in [1.54, 1.807) is 17.0 Å². The van der Waals surface area contributed by atoms with Gasteiger partial charge in [-0.1, -0.05) is 30.3 Å². The third-order valence-electron chi connectivity index (χ3n) is 5.98. The first-order chi connectivity index (χ1) is 13.2. The summed E-state index contributed by atoms with van der Waals surface area (Å²) in [5, 5.41) is 6.09. The van der Waals surface area contributed by atoms with Crippen LogP contribution in [-0.2, 0) is 6.54 Å². The van der Waals surface area contributed by atoms with Crippen molar-refractivity contribution in [1.82, 2.24) is 5.32 Å². The summed E-state index contributed by atoms with van der Waals surface area (Å²) in [4.78, 5) is 13.9. The fourth-order valence-corrected chi connectivity index (χ4v) is 4.75. The largest absolute Gasteiger partial charge is 0.335 e. The topological polar surface area (TPSA) is 45.6 Å². The summed E-state index contributed by atoms with van der Waals surface area (Å²) in [6, 6.07) is 17.7. The summed E-state index contributed by atoms with van der Waals surface area (Å²) >= 11 is 0. The Morgan fingerprint density at radius 3 is 2.33 bits per heavy atom. The highest BCUT2D eigenvalue weighted by Crippen LogP contribution is 2.23. The third kappa shape index (κ3) is 4.48. The number of anilines is 1. The fraction of sp³-hybridized carbons (Fsp3) is 0.409. The molecule has 0 unspecified atom stereocenters. The fourth-order valence-electron chi connectivity index (χ4n) is 4.75. The van der Waals surface area contributed by atoms with Gasteiger partial charge < -0.3 is 15.5 Å². The molecule has 0 radical (unpaired) electrons. The van der Waals surface area contributed by atoms with Gasteiger partial charge in [-0.2, -0.15) is 0 Å². The summed E-state index contributed by atoms with van der Waals surface area (Å²) in [5.41, 5.74) is 2.01. The quantitative estimate of drug-likeness (QED) is 0.763. The molecule has 0 aromatic heterocycles. The number of fused-ring (bicyclic) bond motifs is 2. The van der Waals surface area contributed by atoms with E-state index >= 15 is 0 Å². The SMILES string of the molecule is O=C(Nc1ccccc1)NC1C[C@H]2CCC[C@H](C1)[NH+]2Cc1ccc(F)cc1. The molecule has 2 aliphatic rings. The second kappa shape index (κ2) is 8.09. The van der Waals surface area contributed by atoms with Crippen molar-refractivity contribution in [2.24, 2.45) is 0 Å². The molecule has 2 aromatic rings. The van der Waals surface area contributed by atoms with Gasteiger partial charge in [-0.05, 0) is 43.5 Å². The van der Waals surface area contributed by atoms with Crippen LogP contribution in [0.2, 0.25) is 0 Å². The van der Waals surface area contributed by atoms with Crippen LogP contribution >= 0.6 is 0 Å². The first-order valence-electron chi connectivity index (χ1n) is 9.90. The van der Waals surface area contributed by atoms with Crippen molar-refractivity contribution in [2.45, 2.75) is 56.8 Å². The summed E-state index contributed by atoms with van der Waals surface area (Å²) in [5.74, 6) is -0.179. The average molecular weight is 368 g/mol. The minimum absolute atomic E-state index is 0.119. The van der Waals surface area contributed by atoms with Crippen molar-refractivity contribution >= 4 is 11.7 Å². The molecule has 2 amide bonds. The predicted octanol–water partition coefficient (Wildman–Crippen LogP) is 3.12. The maximum Gasteiger partial charge on any atom is 0.319 e. The molecule has 0 aliphatic carbocycles. The van der Waals surface area contributed by atoms with Crippen molar-refractivity contribution in [3.63, 3.8) is 0 Å². The minimum atomic E-state index is -0.179. The molecular weight excluding hydrogens is 341 g/mol. The molecule has 3 N–H and O–H groups in total. The number of hydrogen-bond donors (Lipinski definition) is 3. The van der Waals surface area contributed by atoms with Crippen LogP contribution < -0.4 is 15.5 Å². The first kappa shape index (κ1) is 18.0. The molecule has 5 heteroatoms. The number of quaternary nitrogens is 1. The van der Waals surface area contributed by atoms with E-state index in [-0.39, 0.29) is 17.9 Å². The maximum atomic E-state index is 13.2. The van der Waals surface area contributed by atoms with Crippen LogP contribution in [0.4, 0.5) is 14.9 Å². The van der Waals surface area contributed by atoms with E-state index in [2.05, 4.69) is 10.6 Å². The monoisotopic (exact) mass is 368 g/mol. The van der Waals surface area contributed by atoms with Gasteiger partial charge in [0.05, 0.1) is 12.1 Å². The number of piperidine rings is 2. The Kier molecular flexibility index (Phi) is 5.39. The number of para-hydroxylation sites is 1. The van der Waals surface area contributed by atoms with E-state index in [4.69, 9.17) is 0 Å². The smallest absolute Gasteiger partial charge is 0.319 e. The molecule has 2 fully saturated rings. The van der Waals surface area contributed by atoms with Crippen molar-refractivity contribution < 1.29 is 14.1 Å². The van der Waals surface area contributed by atoms with Crippen LogP contribution in [0.15, 0.2) is 54.6 Å². The molecule has 2 aromatic carbocycles. The van der Waals surface area contributed by atoms with Crippen LogP contribution in [0.3, 0.4) is 0 Å². The van der Waals surface area contributed by atoms with Gasteiger partial charge >= 0.3 is 6.03 Å². The number of hydrogen-bond acceptors (Lipinski definition) is 1. The maximum absolute atomic E-state index is 13.2. The summed E-state index contributed by atoms with van der Waals surface area (Å²) < 4.78 is 13.2. The molecule has 4 nitrogen and oxygen atoms in total. The van der Waals surface area contributed by atoms with Crippen LogP contribution in [-0.4, -0.2) is 24.2 Å². The van der Waals surface area contributed by atoms with Crippen LogP contribution in [0.25, 0.3) is 0 Å². The summed E-state index contributed by atoms with van der Waals surface area (Å²) in [6.45, 7) is 0.943. The molecule has 2 atom stereocenters. The van der Waals surface area contributed by atoms with Gasteiger partial charge in [0.2, 0.25) is 0 Å². The van der Waals surface area contributed by atoms with Gasteiger partial charge in [0, 0.05) is 30.1 Å². The highest BCUT2D eigenvalue weighted by molar-refractivity contribution is 5.89. The average Bonchev–Trinajstić information content (AvgIpc) is 2.65. The lowest BCUT2D eigenvalue weighted by Crippen LogP contribution is -3.20. The van der Waals surface area contributed by atoms with E-state index in [1.165, 1.54) is 24.8 Å². The zero-order chi connectivity index (χ0) is 18.6. The van der Waals surface area contributed by atoms with E-state index in [0.29, 0.717) is 12.1 Å². The molecule has 142 valence electrons. The van der Waals surface area contributed by atoms with Gasteiger partial charge in [-0.15, -0.1) is 0 Å². The molecule has 2 aliphatic heterocycles. The van der Waals surface area contributed by atoms with E-state index in [9.17, 15) is 9.18 Å². The summed E-state index contributed by atoms with van der Waals surface area (Å²) in [6.07, 6.45) is 5.69. The zero-order valence-electron chi connectivity index (χ0n) is 15.5. The van der Waals surface area contributed by atoms with Gasteiger partial charge in [0.25, 0.3) is 0 Å². The Balaban J connectivity index is 1.36. The van der Waals surface area contributed by atoms with E-state index in [1.807, 2.05) is 42.5 Å². The number of halogens is 1. The zero-order valence-corrected chi connectivity index (χ0v) is 15.5. The lowest BCUT2D eigenvalue weighted by molar-refractivity contribution is -0.973. The van der Waals surface area contributed by atoms with E-state index in [0.717, 1.165) is 25.1 Å². The van der Waals surface area contributed by atoms with Crippen molar-refractivity contribution in [3.05, 3.63) is 66.0 Å². The Bertz CT molecular complexity index is 751. The van der Waals surface area contributed by atoms with Crippen molar-refractivity contribution in [2.75, 3.05) is 5.32 Å². The number of benzene rings is 2. The summed E-state index contributed by atoms with van der Waals surface area (Å²) in [7, 11) is 0. The van der Waals surface area contributed by atoms with Crippen molar-refractivity contribution in [3.8, 4) is 0 Å². The molecule has 0 spiro atoms. The highest BCUT2D eigenvalue weighted by atomic mass is 19.1. The van der Waals surface area contributed by atoms with Gasteiger partial charge in [0.1, 0.15) is 12.4 Å². The lowest BCUT2D eigenvalue weighted by Gasteiger charge is -2.46. The van der Waals surface area contributed by atoms with Gasteiger partial charge in [-0.3, -0.25) is 0 Å². The number of amides is 2. The van der Waals surface area contributed by atoms with Crippen LogP contribution in [0, 0.1) is 5.82 Å². The number of nitrogens with one attached hydrogen (secondary N) is 3. The number of carbonyl (C=O) groups excluding carboxylic acids is 1. The number of urea groups is 1. The lowest BCUT2D eigenvalue weighted by atomic mass is 9.81. The first-order valence-corrected chi connectivity index (χ1v) is 9.90. The molecule has 0 saturated carbocycles. The predicted molar refractivity (Wildman–Crippen MR) is 104 cm³/mol. The second-order valence-electron chi connectivity index (χ2n) is 7.84. The highest BCUT2D eigenvalue weighted by Gasteiger charge is 2.42. The van der Waals surface area contributed by atoms with E-state index < -0.39 is 0 Å². The third-order valence-corrected chi connectivity index (χ3v) is 5.98. The molecule has 2 saturated heterocycles. The van der Waals surface area contributed by atoms with Crippen LogP contribution in [0.5, 0.6) is 0 Å². The molecule has 27 heavy (non-hydrogen) atoms. The molecular formula is C22H27FN3O+. The normalized spacial score (nSPS) is 27.0. The van der Waals surface area contributed by atoms with Gasteiger partial charge in [0.15, 0.2) is 0 Å². The molecule has 4 rings (SSSR count). The Morgan fingerprint density at radius 2 is 1.67 bits per heavy atom. The standard InChI is InChI=1S/C22H26FN3O/c23-17-11-9-16(10-12-17)15-26-20-7-4-8-21(26)14-19(13-20)25-22(27)24-18-5-2-1-3-6-18/h1-3,5-6,9-12,19-21H,4,7-8,13-15H2,(H2,24,25,27)/p+1/t20-,21-/m1/s1. The number of rotatable bonds is 4. The Labute approximate surface area is 159 Å². The van der Waals surface area contributed by atoms with Gasteiger partial charge in [-0.25, -0.2) is 9.18 Å². The van der Waals surface area contributed by atoms with Crippen LogP contribution in [0.1, 0.15) is 37.7 Å².